The van der Waals surface area contributed by atoms with Crippen molar-refractivity contribution in [3.8, 4) is 0 Å². The molecule has 0 aromatic rings. The van der Waals surface area contributed by atoms with Gasteiger partial charge in [0.1, 0.15) is 24.9 Å². The second-order valence-corrected chi connectivity index (χ2v) is 2.78. The molecule has 1 fully saturated rings. The van der Waals surface area contributed by atoms with Crippen LogP contribution in [0.15, 0.2) is 5.18 Å². The third-order valence-electron chi connectivity index (χ3n) is 2.05. The van der Waals surface area contributed by atoms with Gasteiger partial charge in [0.25, 0.3) is 0 Å². The number of ether oxygens (including phenoxy) is 1. The lowest BCUT2D eigenvalue weighted by molar-refractivity contribution is -0.176. The zero-order valence-electron chi connectivity index (χ0n) is 7.09. The van der Waals surface area contributed by atoms with Gasteiger partial charge in [0.05, 0.1) is 0 Å². The molecule has 1 aliphatic heterocycles. The van der Waals surface area contributed by atoms with Crippen LogP contribution >= 0.6 is 0 Å². The van der Waals surface area contributed by atoms with E-state index in [0.29, 0.717) is 13.0 Å². The summed E-state index contributed by atoms with van der Waals surface area (Å²) in [7, 11) is 0. The van der Waals surface area contributed by atoms with Crippen LogP contribution < -0.4 is 11.8 Å². The van der Waals surface area contributed by atoms with Crippen molar-refractivity contribution in [2.45, 2.75) is 24.7 Å². The summed E-state index contributed by atoms with van der Waals surface area (Å²) >= 11 is 0. The molecule has 13 heavy (non-hydrogen) atoms. The summed E-state index contributed by atoms with van der Waals surface area (Å²) < 4.78 is 5.22. The summed E-state index contributed by atoms with van der Waals surface area (Å²) in [6, 6.07) is 0. The highest BCUT2D eigenvalue weighted by Gasteiger charge is 2.35. The minimum absolute atomic E-state index is 0.0122. The van der Waals surface area contributed by atoms with E-state index in [0.717, 1.165) is 0 Å². The Morgan fingerprint density at radius 1 is 1.46 bits per heavy atom. The van der Waals surface area contributed by atoms with Crippen LogP contribution in [0.3, 0.4) is 0 Å². The normalized spacial score (nSPS) is 34.5. The van der Waals surface area contributed by atoms with E-state index in [1.807, 2.05) is 0 Å². The summed E-state index contributed by atoms with van der Waals surface area (Å²) in [6.45, 7) is 0.448. The number of nitrogens with two attached hydrogens (primary N) is 2. The summed E-state index contributed by atoms with van der Waals surface area (Å²) in [5.41, 5.74) is 0. The fourth-order valence-electron chi connectivity index (χ4n) is 1.38. The van der Waals surface area contributed by atoms with Crippen molar-refractivity contribution < 1.29 is 14.4 Å². The van der Waals surface area contributed by atoms with Gasteiger partial charge >= 0.3 is 0 Å². The molecular formula is C6H13N3O4. The maximum absolute atomic E-state index is 10.0. The van der Waals surface area contributed by atoms with E-state index < -0.39 is 12.2 Å². The molecule has 0 bridgehead atoms. The highest BCUT2D eigenvalue weighted by molar-refractivity contribution is 4.84. The number of rotatable bonds is 4. The van der Waals surface area contributed by atoms with Gasteiger partial charge in [-0.25, -0.2) is 11.8 Å². The van der Waals surface area contributed by atoms with Gasteiger partial charge in [-0.15, -0.1) is 0 Å². The molecular weight excluding hydrogens is 178 g/mol. The molecule has 7 heteroatoms. The number of nitroso groups, excluding NO2 is 1. The molecule has 0 radical (unpaired) electrons. The minimum atomic E-state index is -0.531. The second kappa shape index (κ2) is 5.20. The fraction of sp³-hybridized carbons (Fsp3) is 1.00. The molecule has 0 aliphatic carbocycles. The van der Waals surface area contributed by atoms with Crippen molar-refractivity contribution in [2.75, 3.05) is 13.2 Å². The maximum Gasteiger partial charge on any atom is 0.135 e. The van der Waals surface area contributed by atoms with E-state index in [-0.39, 0.29) is 12.6 Å². The van der Waals surface area contributed by atoms with Gasteiger partial charge in [-0.2, -0.15) is 4.91 Å². The first-order valence-corrected chi connectivity index (χ1v) is 3.95. The monoisotopic (exact) mass is 191 g/mol. The molecule has 1 heterocycles. The first-order chi connectivity index (χ1) is 6.33. The Morgan fingerprint density at radius 3 is 2.77 bits per heavy atom. The molecule has 0 amide bonds. The van der Waals surface area contributed by atoms with E-state index in [4.69, 9.17) is 16.5 Å². The Labute approximate surface area is 75.2 Å². The van der Waals surface area contributed by atoms with Gasteiger partial charge in [0.15, 0.2) is 0 Å². The number of nitrogens with zero attached hydrogens (tertiary/aromatic N) is 1. The van der Waals surface area contributed by atoms with Gasteiger partial charge in [-0.3, -0.25) is 9.68 Å². The third-order valence-corrected chi connectivity index (χ3v) is 2.05. The molecule has 0 aromatic heterocycles. The highest BCUT2D eigenvalue weighted by Crippen LogP contribution is 2.18. The largest absolute Gasteiger partial charge is 0.373 e. The summed E-state index contributed by atoms with van der Waals surface area (Å²) in [4.78, 5) is 19.3. The first kappa shape index (κ1) is 10.5. The van der Waals surface area contributed by atoms with E-state index in [1.54, 1.807) is 0 Å². The minimum Gasteiger partial charge on any atom is -0.373 e. The van der Waals surface area contributed by atoms with Crippen LogP contribution in [0.25, 0.3) is 0 Å². The standard InChI is InChI=1S/C6H13N3O4/c7-12-4-1-2-11-5(3-9-10)6(4)13-8/h4-6H,1-3,7-8H2. The summed E-state index contributed by atoms with van der Waals surface area (Å²) in [5.74, 6) is 10.1. The lowest BCUT2D eigenvalue weighted by Crippen LogP contribution is -2.50. The summed E-state index contributed by atoms with van der Waals surface area (Å²) in [6.07, 6.45) is -0.750. The Bertz CT molecular complexity index is 168. The van der Waals surface area contributed by atoms with Gasteiger partial charge in [0, 0.05) is 13.0 Å². The van der Waals surface area contributed by atoms with Crippen molar-refractivity contribution in [3.05, 3.63) is 4.91 Å². The van der Waals surface area contributed by atoms with Crippen LogP contribution in [-0.4, -0.2) is 31.5 Å². The average molecular weight is 191 g/mol. The molecule has 7 nitrogen and oxygen atoms in total. The van der Waals surface area contributed by atoms with Gasteiger partial charge in [-0.05, 0) is 0 Å². The first-order valence-electron chi connectivity index (χ1n) is 3.95. The maximum atomic E-state index is 10.0. The van der Waals surface area contributed by atoms with E-state index >= 15 is 0 Å². The molecule has 0 spiro atoms. The third kappa shape index (κ3) is 2.42. The molecule has 1 aliphatic rings. The summed E-state index contributed by atoms with van der Waals surface area (Å²) in [5, 5.41) is 2.72. The van der Waals surface area contributed by atoms with Crippen molar-refractivity contribution in [1.29, 1.82) is 0 Å². The van der Waals surface area contributed by atoms with Gasteiger partial charge < -0.3 is 4.74 Å². The Balaban J connectivity index is 2.55. The second-order valence-electron chi connectivity index (χ2n) is 2.78. The van der Waals surface area contributed by atoms with E-state index in [2.05, 4.69) is 14.9 Å². The van der Waals surface area contributed by atoms with Crippen molar-refractivity contribution >= 4 is 0 Å². The zero-order valence-corrected chi connectivity index (χ0v) is 7.09. The van der Waals surface area contributed by atoms with Crippen LogP contribution in [0.4, 0.5) is 0 Å². The van der Waals surface area contributed by atoms with Crippen LogP contribution in [0, 0.1) is 4.91 Å². The lowest BCUT2D eigenvalue weighted by atomic mass is 10.0. The van der Waals surface area contributed by atoms with E-state index in [9.17, 15) is 4.91 Å². The molecule has 76 valence electrons. The highest BCUT2D eigenvalue weighted by atomic mass is 16.7. The van der Waals surface area contributed by atoms with Gasteiger partial charge in [0.2, 0.25) is 0 Å². The molecule has 3 atom stereocenters. The predicted molar refractivity (Wildman–Crippen MR) is 43.1 cm³/mol. The lowest BCUT2D eigenvalue weighted by Gasteiger charge is -2.33. The Hall–Kier alpha value is -0.600. The van der Waals surface area contributed by atoms with Crippen molar-refractivity contribution in [2.24, 2.45) is 17.0 Å². The molecule has 1 saturated heterocycles. The smallest absolute Gasteiger partial charge is 0.135 e. The fourth-order valence-corrected chi connectivity index (χ4v) is 1.38. The molecule has 1 rings (SSSR count). The Kier molecular flexibility index (Phi) is 4.19. The zero-order chi connectivity index (χ0) is 9.68. The number of hydrogen-bond donors (Lipinski definition) is 2. The Morgan fingerprint density at radius 2 is 2.23 bits per heavy atom. The van der Waals surface area contributed by atoms with E-state index in [1.165, 1.54) is 0 Å². The van der Waals surface area contributed by atoms with Crippen LogP contribution in [0.2, 0.25) is 0 Å². The SMILES string of the molecule is NOC1CCOC(CN=O)C1ON. The average Bonchev–Trinajstić information content (AvgIpc) is 2.18. The molecule has 4 N–H and O–H groups in total. The van der Waals surface area contributed by atoms with Gasteiger partial charge in [-0.1, -0.05) is 5.18 Å². The topological polar surface area (TPSA) is 109 Å². The number of hydrogen-bond acceptors (Lipinski definition) is 7. The van der Waals surface area contributed by atoms with Crippen molar-refractivity contribution in [1.82, 2.24) is 0 Å². The van der Waals surface area contributed by atoms with Crippen LogP contribution in [0.1, 0.15) is 6.42 Å². The van der Waals surface area contributed by atoms with Crippen LogP contribution in [0.5, 0.6) is 0 Å². The molecule has 0 saturated carbocycles. The van der Waals surface area contributed by atoms with Crippen LogP contribution in [-0.2, 0) is 14.4 Å². The quantitative estimate of drug-likeness (QED) is 0.438. The van der Waals surface area contributed by atoms with Crippen molar-refractivity contribution in [3.63, 3.8) is 0 Å². The molecule has 0 aromatic carbocycles. The molecule has 3 unspecified atom stereocenters. The predicted octanol–water partition coefficient (Wildman–Crippen LogP) is -0.940.